The summed E-state index contributed by atoms with van der Waals surface area (Å²) < 4.78 is 1.79. The van der Waals surface area contributed by atoms with Crippen LogP contribution < -0.4 is 5.73 Å². The summed E-state index contributed by atoms with van der Waals surface area (Å²) in [6, 6.07) is 3.50. The van der Waals surface area contributed by atoms with Crippen LogP contribution in [0.3, 0.4) is 0 Å². The van der Waals surface area contributed by atoms with Gasteiger partial charge in [-0.15, -0.1) is 10.2 Å². The van der Waals surface area contributed by atoms with Crippen LogP contribution in [0.2, 0.25) is 0 Å². The quantitative estimate of drug-likeness (QED) is 0.687. The molecule has 2 heterocycles. The highest BCUT2D eigenvalue weighted by Crippen LogP contribution is 2.04. The number of anilines is 1. The Kier molecular flexibility index (Phi) is 1.70. The Bertz CT molecular complexity index is 403. The highest BCUT2D eigenvalue weighted by Gasteiger charge is 1.98. The molecular weight excluding hydrogens is 166 g/mol. The Morgan fingerprint density at radius 2 is 2.15 bits per heavy atom. The van der Waals surface area contributed by atoms with Crippen LogP contribution in [0, 0.1) is 6.92 Å². The largest absolute Gasteiger partial charge is 0.382 e. The summed E-state index contributed by atoms with van der Waals surface area (Å²) in [5.41, 5.74) is 6.35. The molecule has 0 aliphatic heterocycles. The third kappa shape index (κ3) is 1.48. The molecule has 2 N–H and O–H groups in total. The molecule has 0 bridgehead atoms. The van der Waals surface area contributed by atoms with Gasteiger partial charge in [-0.1, -0.05) is 0 Å². The summed E-state index contributed by atoms with van der Waals surface area (Å²) >= 11 is 0. The van der Waals surface area contributed by atoms with Gasteiger partial charge in [-0.05, 0) is 19.1 Å². The van der Waals surface area contributed by atoms with Crippen molar-refractivity contribution >= 4 is 5.82 Å². The number of hydrogen-bond donors (Lipinski definition) is 1. The van der Waals surface area contributed by atoms with E-state index in [2.05, 4.69) is 15.2 Å². The standard InChI is InChI=1S/C8H9N5/c1-6-4-13(5-10-6)8-3-2-7(9)11-12-8/h2-5H,1H3,(H2,9,11). The van der Waals surface area contributed by atoms with Crippen molar-refractivity contribution in [2.75, 3.05) is 5.73 Å². The van der Waals surface area contributed by atoms with E-state index in [0.717, 1.165) is 11.5 Å². The minimum atomic E-state index is 0.417. The number of nitrogen functional groups attached to an aromatic ring is 1. The van der Waals surface area contributed by atoms with Crippen molar-refractivity contribution in [2.45, 2.75) is 6.92 Å². The molecule has 2 aromatic rings. The summed E-state index contributed by atoms with van der Waals surface area (Å²) in [7, 11) is 0. The van der Waals surface area contributed by atoms with Crippen molar-refractivity contribution < 1.29 is 0 Å². The zero-order valence-electron chi connectivity index (χ0n) is 7.18. The summed E-state index contributed by atoms with van der Waals surface area (Å²) in [5.74, 6) is 1.13. The van der Waals surface area contributed by atoms with Gasteiger partial charge in [-0.25, -0.2) is 4.98 Å². The summed E-state index contributed by atoms with van der Waals surface area (Å²) in [4.78, 5) is 4.08. The molecule has 0 aromatic carbocycles. The monoisotopic (exact) mass is 175 g/mol. The fourth-order valence-electron chi connectivity index (χ4n) is 1.02. The number of hydrogen-bond acceptors (Lipinski definition) is 4. The summed E-state index contributed by atoms with van der Waals surface area (Å²) in [6.45, 7) is 1.92. The van der Waals surface area contributed by atoms with E-state index in [9.17, 15) is 0 Å². The molecule has 66 valence electrons. The highest BCUT2D eigenvalue weighted by atomic mass is 15.2. The van der Waals surface area contributed by atoms with Crippen LogP contribution in [0.4, 0.5) is 5.82 Å². The lowest BCUT2D eigenvalue weighted by molar-refractivity contribution is 0.917. The third-order valence-corrected chi connectivity index (χ3v) is 1.65. The van der Waals surface area contributed by atoms with Gasteiger partial charge in [0.1, 0.15) is 12.1 Å². The topological polar surface area (TPSA) is 69.6 Å². The number of aromatic nitrogens is 4. The second kappa shape index (κ2) is 2.85. The van der Waals surface area contributed by atoms with E-state index in [-0.39, 0.29) is 0 Å². The number of rotatable bonds is 1. The molecule has 0 spiro atoms. The molecule has 0 radical (unpaired) electrons. The van der Waals surface area contributed by atoms with Gasteiger partial charge in [0.15, 0.2) is 5.82 Å². The van der Waals surface area contributed by atoms with Crippen molar-refractivity contribution in [3.8, 4) is 5.82 Å². The lowest BCUT2D eigenvalue weighted by Gasteiger charge is -1.98. The average Bonchev–Trinajstić information content (AvgIpc) is 2.53. The van der Waals surface area contributed by atoms with E-state index in [4.69, 9.17) is 5.73 Å². The first-order chi connectivity index (χ1) is 6.25. The van der Waals surface area contributed by atoms with Crippen LogP contribution in [0.15, 0.2) is 24.7 Å². The van der Waals surface area contributed by atoms with E-state index < -0.39 is 0 Å². The smallest absolute Gasteiger partial charge is 0.160 e. The van der Waals surface area contributed by atoms with Gasteiger partial charge in [0.05, 0.1) is 5.69 Å². The molecule has 0 unspecified atom stereocenters. The molecule has 13 heavy (non-hydrogen) atoms. The normalized spacial score (nSPS) is 10.2. The van der Waals surface area contributed by atoms with Crippen LogP contribution in [0.1, 0.15) is 5.69 Å². The fraction of sp³-hybridized carbons (Fsp3) is 0.125. The van der Waals surface area contributed by atoms with Gasteiger partial charge in [-0.3, -0.25) is 4.57 Å². The zero-order chi connectivity index (χ0) is 9.26. The Morgan fingerprint density at radius 3 is 2.69 bits per heavy atom. The van der Waals surface area contributed by atoms with Crippen molar-refractivity contribution in [3.05, 3.63) is 30.4 Å². The van der Waals surface area contributed by atoms with Crippen molar-refractivity contribution in [2.24, 2.45) is 0 Å². The maximum atomic E-state index is 5.41. The zero-order valence-corrected chi connectivity index (χ0v) is 7.18. The number of nitrogens with zero attached hydrogens (tertiary/aromatic N) is 4. The predicted octanol–water partition coefficient (Wildman–Crippen LogP) is 0.553. The Morgan fingerprint density at radius 1 is 1.31 bits per heavy atom. The van der Waals surface area contributed by atoms with Crippen molar-refractivity contribution in [3.63, 3.8) is 0 Å². The van der Waals surface area contributed by atoms with Gasteiger partial charge >= 0.3 is 0 Å². The predicted molar refractivity (Wildman–Crippen MR) is 48.3 cm³/mol. The molecule has 0 saturated heterocycles. The molecule has 2 rings (SSSR count). The van der Waals surface area contributed by atoms with E-state index in [1.807, 2.05) is 13.1 Å². The van der Waals surface area contributed by atoms with E-state index in [1.165, 1.54) is 0 Å². The highest BCUT2D eigenvalue weighted by molar-refractivity contribution is 5.31. The summed E-state index contributed by atoms with van der Waals surface area (Å²) in [6.07, 6.45) is 3.57. The molecule has 0 aliphatic carbocycles. The Labute approximate surface area is 75.2 Å². The molecule has 5 nitrogen and oxygen atoms in total. The third-order valence-electron chi connectivity index (χ3n) is 1.65. The molecular formula is C8H9N5. The van der Waals surface area contributed by atoms with E-state index in [0.29, 0.717) is 5.82 Å². The SMILES string of the molecule is Cc1cn(-c2ccc(N)nn2)cn1. The maximum absolute atomic E-state index is 5.41. The van der Waals surface area contributed by atoms with Gasteiger partial charge in [0.25, 0.3) is 0 Å². The average molecular weight is 175 g/mol. The van der Waals surface area contributed by atoms with Gasteiger partial charge in [0, 0.05) is 6.20 Å². The molecule has 0 fully saturated rings. The minimum Gasteiger partial charge on any atom is -0.382 e. The second-order valence-electron chi connectivity index (χ2n) is 2.74. The van der Waals surface area contributed by atoms with Crippen molar-refractivity contribution in [1.82, 2.24) is 19.7 Å². The Hall–Kier alpha value is -1.91. The molecule has 5 heteroatoms. The van der Waals surface area contributed by atoms with Gasteiger partial charge < -0.3 is 5.73 Å². The van der Waals surface area contributed by atoms with Crippen LogP contribution in [-0.4, -0.2) is 19.7 Å². The minimum absolute atomic E-state index is 0.417. The summed E-state index contributed by atoms with van der Waals surface area (Å²) in [5, 5.41) is 7.65. The number of imidazole rings is 1. The molecule has 0 aliphatic rings. The lowest BCUT2D eigenvalue weighted by atomic mass is 10.5. The van der Waals surface area contributed by atoms with Crippen LogP contribution >= 0.6 is 0 Å². The number of nitrogens with two attached hydrogens (primary N) is 1. The molecule has 0 atom stereocenters. The van der Waals surface area contributed by atoms with E-state index in [1.54, 1.807) is 23.0 Å². The number of aryl methyl sites for hydroxylation is 1. The molecule has 0 saturated carbocycles. The maximum Gasteiger partial charge on any atom is 0.160 e. The first kappa shape index (κ1) is 7.72. The van der Waals surface area contributed by atoms with E-state index >= 15 is 0 Å². The fourth-order valence-corrected chi connectivity index (χ4v) is 1.02. The molecule has 0 amide bonds. The van der Waals surface area contributed by atoms with Crippen molar-refractivity contribution in [1.29, 1.82) is 0 Å². The van der Waals surface area contributed by atoms with Gasteiger partial charge in [0.2, 0.25) is 0 Å². The van der Waals surface area contributed by atoms with Crippen LogP contribution in [-0.2, 0) is 0 Å². The lowest BCUT2D eigenvalue weighted by Crippen LogP contribution is -1.98. The first-order valence-corrected chi connectivity index (χ1v) is 3.86. The van der Waals surface area contributed by atoms with Crippen LogP contribution in [0.5, 0.6) is 0 Å². The first-order valence-electron chi connectivity index (χ1n) is 3.86. The Balaban J connectivity index is 2.41. The molecule has 2 aromatic heterocycles. The van der Waals surface area contributed by atoms with Gasteiger partial charge in [-0.2, -0.15) is 0 Å². The second-order valence-corrected chi connectivity index (χ2v) is 2.74. The van der Waals surface area contributed by atoms with Crippen LogP contribution in [0.25, 0.3) is 5.82 Å².